The molecule has 1 N–H and O–H groups in total. The summed E-state index contributed by atoms with van der Waals surface area (Å²) in [6, 6.07) is 12.1. The Morgan fingerprint density at radius 3 is 3.00 bits per heavy atom. The zero-order chi connectivity index (χ0) is 16.1. The van der Waals surface area contributed by atoms with Gasteiger partial charge in [0.1, 0.15) is 0 Å². The number of thiophene rings is 1. The zero-order valence-electron chi connectivity index (χ0n) is 13.3. The number of nitrogens with zero attached hydrogens (tertiary/aromatic N) is 1. The third kappa shape index (κ3) is 4.12. The van der Waals surface area contributed by atoms with E-state index in [4.69, 9.17) is 4.74 Å². The van der Waals surface area contributed by atoms with E-state index in [1.807, 2.05) is 36.1 Å². The number of amides is 2. The third-order valence-corrected chi connectivity index (χ3v) is 5.01. The normalized spacial score (nSPS) is 17.2. The lowest BCUT2D eigenvalue weighted by atomic mass is 10.1. The fourth-order valence-electron chi connectivity index (χ4n) is 2.79. The maximum Gasteiger partial charge on any atom is 0.321 e. The lowest BCUT2D eigenvalue weighted by Crippen LogP contribution is -2.38. The van der Waals surface area contributed by atoms with Crippen LogP contribution in [0.4, 0.5) is 10.5 Å². The number of carbonyl (C=O) groups excluding carboxylic acids is 1. The van der Waals surface area contributed by atoms with Gasteiger partial charge in [-0.05, 0) is 42.5 Å². The monoisotopic (exact) mass is 330 g/mol. The van der Waals surface area contributed by atoms with Crippen molar-refractivity contribution >= 4 is 23.1 Å². The van der Waals surface area contributed by atoms with Crippen molar-refractivity contribution in [1.29, 1.82) is 0 Å². The van der Waals surface area contributed by atoms with E-state index >= 15 is 0 Å². The molecule has 2 amide bonds. The SMILES string of the molecule is CCN(C[C@@H]1CCOC1)C(=O)Nc1cccc(-c2cccs2)c1. The van der Waals surface area contributed by atoms with Gasteiger partial charge in [-0.15, -0.1) is 11.3 Å². The van der Waals surface area contributed by atoms with Crippen LogP contribution in [0.1, 0.15) is 13.3 Å². The van der Waals surface area contributed by atoms with Crippen LogP contribution in [0.25, 0.3) is 10.4 Å². The lowest BCUT2D eigenvalue weighted by molar-refractivity contribution is 0.171. The van der Waals surface area contributed by atoms with E-state index in [1.54, 1.807) is 11.3 Å². The molecule has 2 aromatic rings. The van der Waals surface area contributed by atoms with E-state index in [2.05, 4.69) is 22.8 Å². The summed E-state index contributed by atoms with van der Waals surface area (Å²) >= 11 is 1.70. The van der Waals surface area contributed by atoms with Gasteiger partial charge in [-0.2, -0.15) is 0 Å². The molecule has 1 aliphatic heterocycles. The molecule has 0 bridgehead atoms. The summed E-state index contributed by atoms with van der Waals surface area (Å²) in [5, 5.41) is 5.08. The summed E-state index contributed by atoms with van der Waals surface area (Å²) in [4.78, 5) is 15.6. The Hall–Kier alpha value is -1.85. The average molecular weight is 330 g/mol. The highest BCUT2D eigenvalue weighted by atomic mass is 32.1. The number of anilines is 1. The van der Waals surface area contributed by atoms with Crippen molar-refractivity contribution in [2.24, 2.45) is 5.92 Å². The summed E-state index contributed by atoms with van der Waals surface area (Å²) < 4.78 is 5.40. The topological polar surface area (TPSA) is 41.6 Å². The number of urea groups is 1. The van der Waals surface area contributed by atoms with Gasteiger partial charge < -0.3 is 15.0 Å². The molecule has 0 radical (unpaired) electrons. The number of rotatable bonds is 5. The summed E-state index contributed by atoms with van der Waals surface area (Å²) in [6.07, 6.45) is 1.04. The molecule has 1 aromatic heterocycles. The van der Waals surface area contributed by atoms with Gasteiger partial charge in [0.05, 0.1) is 6.61 Å². The highest BCUT2D eigenvalue weighted by molar-refractivity contribution is 7.13. The number of hydrogen-bond acceptors (Lipinski definition) is 3. The fraction of sp³-hybridized carbons (Fsp3) is 0.389. The van der Waals surface area contributed by atoms with Crippen molar-refractivity contribution < 1.29 is 9.53 Å². The van der Waals surface area contributed by atoms with Crippen LogP contribution < -0.4 is 5.32 Å². The van der Waals surface area contributed by atoms with Crippen LogP contribution in [0.3, 0.4) is 0 Å². The van der Waals surface area contributed by atoms with Gasteiger partial charge in [0.2, 0.25) is 0 Å². The molecule has 0 aliphatic carbocycles. The van der Waals surface area contributed by atoms with Gasteiger partial charge in [0.25, 0.3) is 0 Å². The van der Waals surface area contributed by atoms with Gasteiger partial charge in [-0.25, -0.2) is 4.79 Å². The first-order valence-electron chi connectivity index (χ1n) is 8.04. The van der Waals surface area contributed by atoms with E-state index < -0.39 is 0 Å². The van der Waals surface area contributed by atoms with Crippen molar-refractivity contribution in [3.63, 3.8) is 0 Å². The minimum atomic E-state index is -0.0391. The average Bonchev–Trinajstić information content (AvgIpc) is 3.26. The summed E-state index contributed by atoms with van der Waals surface area (Å²) in [5.74, 6) is 0.457. The Bertz CT molecular complexity index is 636. The Morgan fingerprint density at radius 2 is 2.30 bits per heavy atom. The molecule has 122 valence electrons. The second kappa shape index (κ2) is 7.62. The second-order valence-electron chi connectivity index (χ2n) is 5.76. The van der Waals surface area contributed by atoms with E-state index in [0.717, 1.165) is 37.4 Å². The fourth-order valence-corrected chi connectivity index (χ4v) is 3.51. The molecule has 1 aliphatic rings. The first kappa shape index (κ1) is 16.0. The van der Waals surface area contributed by atoms with Crippen LogP contribution in [-0.4, -0.2) is 37.2 Å². The molecular formula is C18H22N2O2S. The highest BCUT2D eigenvalue weighted by Gasteiger charge is 2.21. The van der Waals surface area contributed by atoms with Crippen LogP contribution >= 0.6 is 11.3 Å². The Morgan fingerprint density at radius 1 is 1.39 bits per heavy atom. The highest BCUT2D eigenvalue weighted by Crippen LogP contribution is 2.27. The summed E-state index contributed by atoms with van der Waals surface area (Å²) in [7, 11) is 0. The van der Waals surface area contributed by atoms with Gasteiger partial charge in [0.15, 0.2) is 0 Å². The molecule has 1 fully saturated rings. The van der Waals surface area contributed by atoms with Crippen LogP contribution in [0.5, 0.6) is 0 Å². The molecule has 1 saturated heterocycles. The maximum absolute atomic E-state index is 12.5. The van der Waals surface area contributed by atoms with Crippen molar-refractivity contribution in [3.05, 3.63) is 41.8 Å². The number of benzene rings is 1. The first-order valence-corrected chi connectivity index (χ1v) is 8.92. The van der Waals surface area contributed by atoms with E-state index in [1.165, 1.54) is 4.88 Å². The Balaban J connectivity index is 1.65. The lowest BCUT2D eigenvalue weighted by Gasteiger charge is -2.24. The summed E-state index contributed by atoms with van der Waals surface area (Å²) in [6.45, 7) is 5.04. The standard InChI is InChI=1S/C18H22N2O2S/c1-2-20(12-14-8-9-22-13-14)18(21)19-16-6-3-5-15(11-16)17-7-4-10-23-17/h3-7,10-11,14H,2,8-9,12-13H2,1H3,(H,19,21)/t14-/m0/s1. The van der Waals surface area contributed by atoms with Crippen molar-refractivity contribution in [1.82, 2.24) is 4.90 Å². The van der Waals surface area contributed by atoms with E-state index in [0.29, 0.717) is 12.5 Å². The first-order chi connectivity index (χ1) is 11.3. The molecule has 0 unspecified atom stereocenters. The molecule has 1 atom stereocenters. The predicted octanol–water partition coefficient (Wildman–Crippen LogP) is 4.31. The minimum absolute atomic E-state index is 0.0391. The molecule has 23 heavy (non-hydrogen) atoms. The predicted molar refractivity (Wildman–Crippen MR) is 94.9 cm³/mol. The molecule has 3 rings (SSSR count). The third-order valence-electron chi connectivity index (χ3n) is 4.09. The maximum atomic E-state index is 12.5. The van der Waals surface area contributed by atoms with Crippen LogP contribution in [0.2, 0.25) is 0 Å². The van der Waals surface area contributed by atoms with Crippen LogP contribution in [0, 0.1) is 5.92 Å². The number of hydrogen-bond donors (Lipinski definition) is 1. The number of nitrogens with one attached hydrogen (secondary N) is 1. The molecule has 2 heterocycles. The van der Waals surface area contributed by atoms with Crippen molar-refractivity contribution in [2.45, 2.75) is 13.3 Å². The molecular weight excluding hydrogens is 308 g/mol. The molecule has 0 spiro atoms. The van der Waals surface area contributed by atoms with Crippen molar-refractivity contribution in [2.75, 3.05) is 31.6 Å². The number of ether oxygens (including phenoxy) is 1. The van der Waals surface area contributed by atoms with Gasteiger partial charge in [-0.3, -0.25) is 0 Å². The summed E-state index contributed by atoms with van der Waals surface area (Å²) in [5.41, 5.74) is 1.96. The molecule has 1 aromatic carbocycles. The van der Waals surface area contributed by atoms with E-state index in [-0.39, 0.29) is 6.03 Å². The largest absolute Gasteiger partial charge is 0.381 e. The van der Waals surface area contributed by atoms with Gasteiger partial charge in [-0.1, -0.05) is 18.2 Å². The smallest absolute Gasteiger partial charge is 0.321 e. The van der Waals surface area contributed by atoms with Crippen molar-refractivity contribution in [3.8, 4) is 10.4 Å². The van der Waals surface area contributed by atoms with Gasteiger partial charge in [0, 0.05) is 36.2 Å². The van der Waals surface area contributed by atoms with E-state index in [9.17, 15) is 4.79 Å². The molecule has 0 saturated carbocycles. The quantitative estimate of drug-likeness (QED) is 0.888. The van der Waals surface area contributed by atoms with Gasteiger partial charge >= 0.3 is 6.03 Å². The second-order valence-corrected chi connectivity index (χ2v) is 6.70. The Kier molecular flexibility index (Phi) is 5.31. The molecule has 4 nitrogen and oxygen atoms in total. The number of carbonyl (C=O) groups is 1. The minimum Gasteiger partial charge on any atom is -0.381 e. The zero-order valence-corrected chi connectivity index (χ0v) is 14.1. The van der Waals surface area contributed by atoms with Crippen LogP contribution in [0.15, 0.2) is 41.8 Å². The van der Waals surface area contributed by atoms with Crippen LogP contribution in [-0.2, 0) is 4.74 Å². The molecule has 5 heteroatoms. The Labute approximate surface area is 141 Å².